The number of halogens is 1. The summed E-state index contributed by atoms with van der Waals surface area (Å²) in [5.41, 5.74) is 2.70. The van der Waals surface area contributed by atoms with Crippen LogP contribution in [0.2, 0.25) is 0 Å². The smallest absolute Gasteiger partial charge is 0.315 e. The molecule has 2 aliphatic rings. The van der Waals surface area contributed by atoms with Crippen LogP contribution in [0.4, 0.5) is 0 Å². The van der Waals surface area contributed by atoms with Crippen molar-refractivity contribution >= 4 is 21.9 Å². The lowest BCUT2D eigenvalue weighted by Crippen LogP contribution is -2.32. The van der Waals surface area contributed by atoms with Crippen LogP contribution < -0.4 is 24.3 Å². The Labute approximate surface area is 199 Å². The van der Waals surface area contributed by atoms with Gasteiger partial charge in [-0.2, -0.15) is 0 Å². The van der Waals surface area contributed by atoms with Crippen molar-refractivity contribution in [1.29, 1.82) is 0 Å². The van der Waals surface area contributed by atoms with Crippen molar-refractivity contribution < 1.29 is 28.5 Å². The minimum atomic E-state index is -0.678. The molecule has 1 N–H and O–H groups in total. The first-order valence-corrected chi connectivity index (χ1v) is 11.3. The highest BCUT2D eigenvalue weighted by atomic mass is 79.9. The zero-order valence-corrected chi connectivity index (χ0v) is 19.5. The number of ether oxygens (including phenoxy) is 5. The molecule has 2 heterocycles. The number of esters is 1. The zero-order chi connectivity index (χ0) is 22.8. The molecule has 0 aliphatic carbocycles. The van der Waals surface area contributed by atoms with Crippen LogP contribution in [0.15, 0.2) is 65.1 Å². The minimum absolute atomic E-state index is 0.145. The van der Waals surface area contributed by atoms with E-state index in [-0.39, 0.29) is 19.6 Å². The lowest BCUT2D eigenvalue weighted by atomic mass is 9.86. The molecule has 0 unspecified atom stereocenters. The molecule has 170 valence electrons. The molecule has 5 rings (SSSR count). The van der Waals surface area contributed by atoms with Crippen molar-refractivity contribution in [1.82, 2.24) is 5.32 Å². The third-order valence-electron chi connectivity index (χ3n) is 5.74. The molecular formula is C25H22BrNO6. The number of carbonyl (C=O) groups is 1. The van der Waals surface area contributed by atoms with Crippen LogP contribution in [0, 0.1) is 0 Å². The van der Waals surface area contributed by atoms with E-state index in [2.05, 4.69) is 21.2 Å². The number of carbonyl (C=O) groups excluding carboxylic acids is 1. The van der Waals surface area contributed by atoms with Gasteiger partial charge < -0.3 is 29.0 Å². The van der Waals surface area contributed by atoms with Crippen molar-refractivity contribution in [2.24, 2.45) is 0 Å². The minimum Gasteiger partial charge on any atom is -0.468 e. The number of hydrogen-bond donors (Lipinski definition) is 1. The second-order valence-electron chi connectivity index (χ2n) is 7.68. The van der Waals surface area contributed by atoms with Crippen molar-refractivity contribution in [3.8, 4) is 23.0 Å². The van der Waals surface area contributed by atoms with Crippen molar-refractivity contribution in [3.63, 3.8) is 0 Å². The molecule has 3 aromatic rings. The van der Waals surface area contributed by atoms with Crippen LogP contribution in [0.3, 0.4) is 0 Å². The highest BCUT2D eigenvalue weighted by molar-refractivity contribution is 9.10. The molecule has 7 nitrogen and oxygen atoms in total. The van der Waals surface area contributed by atoms with Crippen LogP contribution >= 0.6 is 15.9 Å². The maximum absolute atomic E-state index is 13.2. The molecule has 3 aromatic carbocycles. The molecule has 2 atom stereocenters. The number of methoxy groups -OCH3 is 1. The van der Waals surface area contributed by atoms with Gasteiger partial charge in [0.05, 0.1) is 13.2 Å². The van der Waals surface area contributed by atoms with E-state index >= 15 is 0 Å². The summed E-state index contributed by atoms with van der Waals surface area (Å²) in [6, 6.07) is 18.9. The van der Waals surface area contributed by atoms with E-state index < -0.39 is 12.0 Å². The van der Waals surface area contributed by atoms with E-state index in [0.717, 1.165) is 21.2 Å². The molecule has 33 heavy (non-hydrogen) atoms. The Kier molecular flexibility index (Phi) is 6.11. The fourth-order valence-electron chi connectivity index (χ4n) is 4.10. The SMILES string of the molecule is COC(=O)[C@@H](c1cc2c(cc1Br)OCO2)[C@H](NCc1ccccc1)c1ccc2c(c1)OCO2. The average Bonchev–Trinajstić information content (AvgIpc) is 3.50. The molecule has 2 aliphatic heterocycles. The van der Waals surface area contributed by atoms with Gasteiger partial charge in [0.2, 0.25) is 13.6 Å². The Morgan fingerprint density at radius 1 is 0.939 bits per heavy atom. The molecule has 0 bridgehead atoms. The topological polar surface area (TPSA) is 75.3 Å². The summed E-state index contributed by atoms with van der Waals surface area (Å²) in [6.07, 6.45) is 0. The molecule has 0 amide bonds. The highest BCUT2D eigenvalue weighted by Gasteiger charge is 2.35. The van der Waals surface area contributed by atoms with Gasteiger partial charge in [-0.3, -0.25) is 4.79 Å². The van der Waals surface area contributed by atoms with Gasteiger partial charge in [-0.15, -0.1) is 0 Å². The third kappa shape index (κ3) is 4.36. The van der Waals surface area contributed by atoms with Gasteiger partial charge in [0.1, 0.15) is 5.92 Å². The summed E-state index contributed by atoms with van der Waals surface area (Å²) in [5, 5.41) is 3.56. The first-order valence-electron chi connectivity index (χ1n) is 10.5. The van der Waals surface area contributed by atoms with Gasteiger partial charge in [-0.25, -0.2) is 0 Å². The van der Waals surface area contributed by atoms with Crippen LogP contribution in [0.5, 0.6) is 23.0 Å². The van der Waals surface area contributed by atoms with Crippen molar-refractivity contribution in [2.75, 3.05) is 20.7 Å². The van der Waals surface area contributed by atoms with Gasteiger partial charge in [0, 0.05) is 11.0 Å². The highest BCUT2D eigenvalue weighted by Crippen LogP contribution is 2.44. The fourth-order valence-corrected chi connectivity index (χ4v) is 4.67. The summed E-state index contributed by atoms with van der Waals surface area (Å²) in [6.45, 7) is 0.872. The first kappa shape index (κ1) is 21.6. The average molecular weight is 512 g/mol. The summed E-state index contributed by atoms with van der Waals surface area (Å²) < 4.78 is 28.1. The Morgan fingerprint density at radius 3 is 2.33 bits per heavy atom. The van der Waals surface area contributed by atoms with Crippen LogP contribution in [0.1, 0.15) is 28.7 Å². The van der Waals surface area contributed by atoms with E-state index in [1.54, 1.807) is 0 Å². The number of hydrogen-bond acceptors (Lipinski definition) is 7. The molecule has 0 saturated heterocycles. The van der Waals surface area contributed by atoms with Crippen molar-refractivity contribution in [2.45, 2.75) is 18.5 Å². The lowest BCUT2D eigenvalue weighted by Gasteiger charge is -2.28. The van der Waals surface area contributed by atoms with Crippen molar-refractivity contribution in [3.05, 3.63) is 81.8 Å². The molecule has 8 heteroatoms. The molecule has 0 aromatic heterocycles. The monoisotopic (exact) mass is 511 g/mol. The first-order chi connectivity index (χ1) is 16.1. The van der Waals surface area contributed by atoms with Gasteiger partial charge in [-0.05, 0) is 41.0 Å². The third-order valence-corrected chi connectivity index (χ3v) is 6.43. The molecule has 0 radical (unpaired) electrons. The number of fused-ring (bicyclic) bond motifs is 2. The largest absolute Gasteiger partial charge is 0.468 e. The van der Waals surface area contributed by atoms with Gasteiger partial charge >= 0.3 is 5.97 Å². The standard InChI is InChI=1S/C25H22BrNO6/c1-29-25(28)23(17-10-21-22(11-18(17)26)33-14-32-21)24(27-12-15-5-3-2-4-6-15)16-7-8-19-20(9-16)31-13-30-19/h2-11,23-24,27H,12-14H2,1H3/t23-,24+/m0/s1. The predicted octanol–water partition coefficient (Wildman–Crippen LogP) is 4.69. The normalized spacial score (nSPS) is 15.2. The Bertz CT molecular complexity index is 1170. The van der Waals surface area contributed by atoms with Gasteiger partial charge in [0.15, 0.2) is 23.0 Å². The Morgan fingerprint density at radius 2 is 1.61 bits per heavy atom. The summed E-state index contributed by atoms with van der Waals surface area (Å²) in [5.74, 6) is 1.49. The molecule has 0 fully saturated rings. The Hall–Kier alpha value is -3.23. The van der Waals surface area contributed by atoms with E-state index in [1.165, 1.54) is 7.11 Å². The zero-order valence-electron chi connectivity index (χ0n) is 17.9. The van der Waals surface area contributed by atoms with Crippen LogP contribution in [0.25, 0.3) is 0 Å². The number of nitrogens with one attached hydrogen (secondary N) is 1. The molecular weight excluding hydrogens is 490 g/mol. The molecule has 0 saturated carbocycles. The van der Waals surface area contributed by atoms with E-state index in [0.29, 0.717) is 29.5 Å². The Balaban J connectivity index is 1.58. The fraction of sp³-hybridized carbons (Fsp3) is 0.240. The van der Waals surface area contributed by atoms with E-state index in [1.807, 2.05) is 60.7 Å². The summed E-state index contributed by atoms with van der Waals surface area (Å²) in [4.78, 5) is 13.2. The van der Waals surface area contributed by atoms with Gasteiger partial charge in [-0.1, -0.05) is 52.3 Å². The number of rotatable bonds is 7. The maximum Gasteiger partial charge on any atom is 0.315 e. The van der Waals surface area contributed by atoms with Gasteiger partial charge in [0.25, 0.3) is 0 Å². The summed E-state index contributed by atoms with van der Waals surface area (Å²) >= 11 is 3.62. The molecule has 0 spiro atoms. The second kappa shape index (κ2) is 9.33. The van der Waals surface area contributed by atoms with Crippen LogP contribution in [-0.4, -0.2) is 26.7 Å². The number of benzene rings is 3. The maximum atomic E-state index is 13.2. The van der Waals surface area contributed by atoms with E-state index in [4.69, 9.17) is 23.7 Å². The lowest BCUT2D eigenvalue weighted by molar-refractivity contribution is -0.143. The summed E-state index contributed by atoms with van der Waals surface area (Å²) in [7, 11) is 1.39. The van der Waals surface area contributed by atoms with E-state index in [9.17, 15) is 4.79 Å². The quantitative estimate of drug-likeness (QED) is 0.461. The second-order valence-corrected chi connectivity index (χ2v) is 8.54. The van der Waals surface area contributed by atoms with Crippen LogP contribution in [-0.2, 0) is 16.1 Å². The predicted molar refractivity (Wildman–Crippen MR) is 124 cm³/mol.